The van der Waals surface area contributed by atoms with E-state index in [9.17, 15) is 4.79 Å². The summed E-state index contributed by atoms with van der Waals surface area (Å²) >= 11 is 0. The Labute approximate surface area is 109 Å². The lowest BCUT2D eigenvalue weighted by Crippen LogP contribution is -2.35. The molecule has 0 spiro atoms. The predicted molar refractivity (Wildman–Crippen MR) is 70.9 cm³/mol. The Bertz CT molecular complexity index is 391. The van der Waals surface area contributed by atoms with Gasteiger partial charge < -0.3 is 4.84 Å². The molecule has 0 aromatic heterocycles. The highest BCUT2D eigenvalue weighted by atomic mass is 16.7. The van der Waals surface area contributed by atoms with Crippen LogP contribution in [0.25, 0.3) is 0 Å². The molecule has 1 heterocycles. The number of benzene rings is 1. The summed E-state index contributed by atoms with van der Waals surface area (Å²) in [6, 6.07) is 8.77. The molecule has 0 bridgehead atoms. The van der Waals surface area contributed by atoms with E-state index in [-0.39, 0.29) is 5.97 Å². The summed E-state index contributed by atoms with van der Waals surface area (Å²) in [6.45, 7) is 5.28. The summed E-state index contributed by atoms with van der Waals surface area (Å²) in [5.74, 6) is 0.492. The normalized spacial score (nSPS) is 17.7. The second kappa shape index (κ2) is 6.01. The molecular weight excluding hydrogens is 226 g/mol. The minimum absolute atomic E-state index is 0.216. The van der Waals surface area contributed by atoms with E-state index in [0.29, 0.717) is 5.92 Å². The number of aryl methyl sites for hydroxylation is 1. The Kier molecular flexibility index (Phi) is 4.37. The number of carbonyl (C=O) groups is 1. The topological polar surface area (TPSA) is 29.5 Å². The van der Waals surface area contributed by atoms with E-state index in [1.54, 1.807) is 5.06 Å². The van der Waals surface area contributed by atoms with Crippen molar-refractivity contribution in [3.05, 3.63) is 35.4 Å². The van der Waals surface area contributed by atoms with Crippen LogP contribution in [0.2, 0.25) is 0 Å². The highest BCUT2D eigenvalue weighted by Gasteiger charge is 2.21. The summed E-state index contributed by atoms with van der Waals surface area (Å²) in [5, 5.41) is 1.79. The van der Waals surface area contributed by atoms with Crippen LogP contribution >= 0.6 is 0 Å². The van der Waals surface area contributed by atoms with Crippen molar-refractivity contribution in [2.75, 3.05) is 13.1 Å². The molecule has 3 heteroatoms. The number of nitrogens with zero attached hydrogens (tertiary/aromatic N) is 1. The van der Waals surface area contributed by atoms with Crippen LogP contribution in [0.15, 0.2) is 24.3 Å². The van der Waals surface area contributed by atoms with Gasteiger partial charge in [0.15, 0.2) is 0 Å². The van der Waals surface area contributed by atoms with Gasteiger partial charge in [0.2, 0.25) is 0 Å². The number of rotatable bonds is 3. The lowest BCUT2D eigenvalue weighted by molar-refractivity contribution is -0.193. The number of hydrogen-bond donors (Lipinski definition) is 0. The fourth-order valence-electron chi connectivity index (χ4n) is 2.44. The van der Waals surface area contributed by atoms with Crippen molar-refractivity contribution in [1.29, 1.82) is 0 Å². The van der Waals surface area contributed by atoms with E-state index in [1.807, 2.05) is 0 Å². The van der Waals surface area contributed by atoms with Gasteiger partial charge in [-0.15, -0.1) is 5.06 Å². The van der Waals surface area contributed by atoms with Crippen molar-refractivity contribution in [3.63, 3.8) is 0 Å². The number of carbonyl (C=O) groups excluding carboxylic acids is 1. The highest BCUT2D eigenvalue weighted by molar-refractivity contribution is 5.65. The number of hydrogen-bond acceptors (Lipinski definition) is 3. The average molecular weight is 247 g/mol. The van der Waals surface area contributed by atoms with Crippen LogP contribution < -0.4 is 0 Å². The van der Waals surface area contributed by atoms with Gasteiger partial charge in [-0.2, -0.15) is 0 Å². The van der Waals surface area contributed by atoms with Crippen molar-refractivity contribution >= 4 is 5.97 Å². The molecule has 0 saturated carbocycles. The van der Waals surface area contributed by atoms with Crippen molar-refractivity contribution in [2.24, 2.45) is 5.92 Å². The van der Waals surface area contributed by atoms with Crippen LogP contribution in [0.1, 0.15) is 30.9 Å². The first-order valence-electron chi connectivity index (χ1n) is 6.62. The first-order chi connectivity index (χ1) is 8.63. The zero-order valence-corrected chi connectivity index (χ0v) is 11.2. The van der Waals surface area contributed by atoms with Crippen LogP contribution in [-0.2, 0) is 16.1 Å². The summed E-state index contributed by atoms with van der Waals surface area (Å²) in [6.07, 6.45) is 3.33. The summed E-state index contributed by atoms with van der Waals surface area (Å²) < 4.78 is 0. The maximum atomic E-state index is 10.9. The Morgan fingerprint density at radius 2 is 1.89 bits per heavy atom. The predicted octanol–water partition coefficient (Wildman–Crippen LogP) is 2.73. The standard InChI is InChI=1S/C15H21NO2/c1-12-3-5-14(6-4-12)11-15-7-9-16(10-8-15)18-13(2)17/h3-6,15H,7-11H2,1-2H3. The highest BCUT2D eigenvalue weighted by Crippen LogP contribution is 2.22. The first-order valence-corrected chi connectivity index (χ1v) is 6.62. The van der Waals surface area contributed by atoms with Crippen LogP contribution in [0.3, 0.4) is 0 Å². The van der Waals surface area contributed by atoms with Crippen molar-refractivity contribution < 1.29 is 9.63 Å². The molecule has 18 heavy (non-hydrogen) atoms. The molecule has 1 aromatic carbocycles. The Hall–Kier alpha value is -1.35. The van der Waals surface area contributed by atoms with Crippen LogP contribution in [-0.4, -0.2) is 24.1 Å². The first kappa shape index (κ1) is 13.1. The smallest absolute Gasteiger partial charge is 0.322 e. The van der Waals surface area contributed by atoms with Gasteiger partial charge in [0.05, 0.1) is 0 Å². The van der Waals surface area contributed by atoms with Crippen molar-refractivity contribution in [2.45, 2.75) is 33.1 Å². The molecule has 0 unspecified atom stereocenters. The summed E-state index contributed by atoms with van der Waals surface area (Å²) in [7, 11) is 0. The zero-order valence-electron chi connectivity index (χ0n) is 11.2. The molecule has 3 nitrogen and oxygen atoms in total. The lowest BCUT2D eigenvalue weighted by atomic mass is 9.90. The van der Waals surface area contributed by atoms with E-state index in [0.717, 1.165) is 32.4 Å². The second-order valence-electron chi connectivity index (χ2n) is 5.14. The molecule has 0 atom stereocenters. The van der Waals surface area contributed by atoms with Crippen LogP contribution in [0, 0.1) is 12.8 Å². The van der Waals surface area contributed by atoms with Gasteiger partial charge in [-0.05, 0) is 37.7 Å². The van der Waals surface area contributed by atoms with E-state index in [1.165, 1.54) is 18.1 Å². The second-order valence-corrected chi connectivity index (χ2v) is 5.14. The maximum Gasteiger partial charge on any atom is 0.322 e. The third kappa shape index (κ3) is 3.84. The summed E-state index contributed by atoms with van der Waals surface area (Å²) in [5.41, 5.74) is 2.72. The van der Waals surface area contributed by atoms with E-state index >= 15 is 0 Å². The Morgan fingerprint density at radius 3 is 2.44 bits per heavy atom. The minimum atomic E-state index is -0.216. The summed E-state index contributed by atoms with van der Waals surface area (Å²) in [4.78, 5) is 16.0. The monoisotopic (exact) mass is 247 g/mol. The third-order valence-corrected chi connectivity index (χ3v) is 3.48. The van der Waals surface area contributed by atoms with Crippen LogP contribution in [0.5, 0.6) is 0 Å². The molecule has 1 fully saturated rings. The van der Waals surface area contributed by atoms with Crippen LogP contribution in [0.4, 0.5) is 0 Å². The molecule has 0 amide bonds. The molecule has 1 saturated heterocycles. The maximum absolute atomic E-state index is 10.9. The largest absolute Gasteiger partial charge is 0.368 e. The molecule has 1 aliphatic rings. The van der Waals surface area contributed by atoms with Gasteiger partial charge in [-0.1, -0.05) is 29.8 Å². The van der Waals surface area contributed by atoms with Gasteiger partial charge in [-0.25, -0.2) is 0 Å². The number of piperidine rings is 1. The van der Waals surface area contributed by atoms with E-state index < -0.39 is 0 Å². The zero-order chi connectivity index (χ0) is 13.0. The molecule has 2 rings (SSSR count). The van der Waals surface area contributed by atoms with Gasteiger partial charge in [0.1, 0.15) is 0 Å². The van der Waals surface area contributed by atoms with E-state index in [4.69, 9.17) is 4.84 Å². The van der Waals surface area contributed by atoms with Gasteiger partial charge in [0, 0.05) is 20.0 Å². The lowest BCUT2D eigenvalue weighted by Gasteiger charge is -2.30. The Morgan fingerprint density at radius 1 is 1.28 bits per heavy atom. The van der Waals surface area contributed by atoms with Gasteiger partial charge in [-0.3, -0.25) is 4.79 Å². The molecule has 0 aliphatic carbocycles. The fourth-order valence-corrected chi connectivity index (χ4v) is 2.44. The molecule has 98 valence electrons. The molecule has 1 aromatic rings. The van der Waals surface area contributed by atoms with E-state index in [2.05, 4.69) is 31.2 Å². The van der Waals surface area contributed by atoms with Gasteiger partial charge in [0.25, 0.3) is 0 Å². The minimum Gasteiger partial charge on any atom is -0.368 e. The SMILES string of the molecule is CC(=O)ON1CCC(Cc2ccc(C)cc2)CC1. The third-order valence-electron chi connectivity index (χ3n) is 3.48. The van der Waals surface area contributed by atoms with Crippen molar-refractivity contribution in [1.82, 2.24) is 5.06 Å². The fraction of sp³-hybridized carbons (Fsp3) is 0.533. The quantitative estimate of drug-likeness (QED) is 0.822. The van der Waals surface area contributed by atoms with Gasteiger partial charge >= 0.3 is 5.97 Å². The number of hydroxylamine groups is 2. The average Bonchev–Trinajstić information content (AvgIpc) is 2.34. The Balaban J connectivity index is 1.79. The molecule has 1 aliphatic heterocycles. The van der Waals surface area contributed by atoms with Crippen molar-refractivity contribution in [3.8, 4) is 0 Å². The molecule has 0 N–H and O–H groups in total. The molecule has 0 radical (unpaired) electrons. The molecular formula is C15H21NO2.